The second-order valence-corrected chi connectivity index (χ2v) is 6.80. The summed E-state index contributed by atoms with van der Waals surface area (Å²) in [5.41, 5.74) is 2.46. The number of aliphatic imine (C=N–C) groups is 1. The van der Waals surface area contributed by atoms with Gasteiger partial charge in [-0.15, -0.1) is 0 Å². The molecule has 0 radical (unpaired) electrons. The molecule has 1 fully saturated rings. The largest absolute Gasteiger partial charge is 0.368 e. The second-order valence-electron chi connectivity index (χ2n) is 6.36. The average Bonchev–Trinajstić information content (AvgIpc) is 3.06. The highest BCUT2D eigenvalue weighted by Crippen LogP contribution is 2.25. The van der Waals surface area contributed by atoms with Crippen molar-refractivity contribution in [3.05, 3.63) is 40.5 Å². The Morgan fingerprint density at radius 3 is 2.69 bits per heavy atom. The Kier molecular flexibility index (Phi) is 5.98. The van der Waals surface area contributed by atoms with Crippen LogP contribution in [0.5, 0.6) is 0 Å². The van der Waals surface area contributed by atoms with Crippen molar-refractivity contribution in [2.45, 2.75) is 20.3 Å². The molecule has 1 aliphatic heterocycles. The molecule has 26 heavy (non-hydrogen) atoms. The maximum absolute atomic E-state index is 6.16. The molecule has 0 amide bonds. The van der Waals surface area contributed by atoms with E-state index >= 15 is 0 Å². The Balaban J connectivity index is 1.51. The summed E-state index contributed by atoms with van der Waals surface area (Å²) < 4.78 is 5.14. The number of aryl methyl sites for hydroxylation is 2. The highest BCUT2D eigenvalue weighted by Gasteiger charge is 2.21. The van der Waals surface area contributed by atoms with Crippen molar-refractivity contribution in [2.24, 2.45) is 4.99 Å². The standard InChI is InChI=1S/C18H25ClN6O/c1-13-4-5-15(19)12-16(13)24-8-10-25(11-9-24)18(20-3)21-7-6-17-22-14(2)23-26-17/h4-5,12H,6-11H2,1-3H3,(H,20,21). The number of aromatic nitrogens is 2. The lowest BCUT2D eigenvalue weighted by Crippen LogP contribution is -2.53. The molecule has 3 rings (SSSR count). The predicted octanol–water partition coefficient (Wildman–Crippen LogP) is 2.28. The number of rotatable bonds is 4. The fourth-order valence-corrected chi connectivity index (χ4v) is 3.30. The lowest BCUT2D eigenvalue weighted by Gasteiger charge is -2.38. The van der Waals surface area contributed by atoms with Crippen LogP contribution in [0, 0.1) is 13.8 Å². The summed E-state index contributed by atoms with van der Waals surface area (Å²) in [5, 5.41) is 7.97. The number of halogens is 1. The first kappa shape index (κ1) is 18.5. The van der Waals surface area contributed by atoms with E-state index in [1.165, 1.54) is 11.3 Å². The number of anilines is 1. The number of benzene rings is 1. The van der Waals surface area contributed by atoms with Crippen LogP contribution < -0.4 is 10.2 Å². The summed E-state index contributed by atoms with van der Waals surface area (Å²) in [4.78, 5) is 13.3. The fourth-order valence-electron chi connectivity index (χ4n) is 3.14. The molecule has 0 saturated carbocycles. The lowest BCUT2D eigenvalue weighted by molar-refractivity contribution is 0.363. The molecule has 1 saturated heterocycles. The normalized spacial score (nSPS) is 15.5. The maximum atomic E-state index is 6.16. The number of hydrogen-bond acceptors (Lipinski definition) is 5. The number of nitrogens with zero attached hydrogens (tertiary/aromatic N) is 5. The monoisotopic (exact) mass is 376 g/mol. The third kappa shape index (κ3) is 4.46. The zero-order chi connectivity index (χ0) is 18.5. The van der Waals surface area contributed by atoms with Crippen LogP contribution in [0.3, 0.4) is 0 Å². The van der Waals surface area contributed by atoms with Crippen LogP contribution in [-0.4, -0.2) is 60.8 Å². The third-order valence-corrected chi connectivity index (χ3v) is 4.73. The van der Waals surface area contributed by atoms with Gasteiger partial charge in [-0.2, -0.15) is 4.98 Å². The molecule has 7 nitrogen and oxygen atoms in total. The first-order chi connectivity index (χ1) is 12.6. The highest BCUT2D eigenvalue weighted by molar-refractivity contribution is 6.30. The van der Waals surface area contributed by atoms with Crippen LogP contribution in [0.25, 0.3) is 0 Å². The number of guanidine groups is 1. The summed E-state index contributed by atoms with van der Waals surface area (Å²) in [6, 6.07) is 6.06. The third-order valence-electron chi connectivity index (χ3n) is 4.49. The maximum Gasteiger partial charge on any atom is 0.228 e. The smallest absolute Gasteiger partial charge is 0.228 e. The minimum Gasteiger partial charge on any atom is -0.368 e. The van der Waals surface area contributed by atoms with Gasteiger partial charge < -0.3 is 19.6 Å². The van der Waals surface area contributed by atoms with E-state index in [2.05, 4.69) is 43.2 Å². The molecule has 0 bridgehead atoms. The van der Waals surface area contributed by atoms with E-state index in [0.717, 1.165) is 37.2 Å². The van der Waals surface area contributed by atoms with E-state index in [1.807, 2.05) is 26.1 Å². The molecule has 140 valence electrons. The Morgan fingerprint density at radius 2 is 2.04 bits per heavy atom. The molecular formula is C18H25ClN6O. The van der Waals surface area contributed by atoms with Crippen LogP contribution in [0.2, 0.25) is 5.02 Å². The van der Waals surface area contributed by atoms with Crippen molar-refractivity contribution >= 4 is 23.2 Å². The van der Waals surface area contributed by atoms with E-state index in [4.69, 9.17) is 16.1 Å². The van der Waals surface area contributed by atoms with Gasteiger partial charge in [-0.05, 0) is 31.5 Å². The minimum absolute atomic E-state index is 0.645. The van der Waals surface area contributed by atoms with Crippen molar-refractivity contribution < 1.29 is 4.52 Å². The SMILES string of the molecule is CN=C(NCCc1nc(C)no1)N1CCN(c2cc(Cl)ccc2C)CC1. The summed E-state index contributed by atoms with van der Waals surface area (Å²) in [7, 11) is 1.81. The summed E-state index contributed by atoms with van der Waals surface area (Å²) >= 11 is 6.16. The number of hydrogen-bond donors (Lipinski definition) is 1. The second kappa shape index (κ2) is 8.40. The minimum atomic E-state index is 0.645. The molecule has 1 aromatic carbocycles. The van der Waals surface area contributed by atoms with E-state index in [-0.39, 0.29) is 0 Å². The van der Waals surface area contributed by atoms with Gasteiger partial charge in [0.2, 0.25) is 5.89 Å². The van der Waals surface area contributed by atoms with Crippen LogP contribution in [-0.2, 0) is 6.42 Å². The lowest BCUT2D eigenvalue weighted by atomic mass is 10.1. The Bertz CT molecular complexity index is 767. The molecule has 0 atom stereocenters. The van der Waals surface area contributed by atoms with Crippen molar-refractivity contribution in [1.82, 2.24) is 20.4 Å². The van der Waals surface area contributed by atoms with Crippen molar-refractivity contribution in [3.63, 3.8) is 0 Å². The fraction of sp³-hybridized carbons (Fsp3) is 0.500. The van der Waals surface area contributed by atoms with Gasteiger partial charge in [-0.3, -0.25) is 4.99 Å². The zero-order valence-corrected chi connectivity index (χ0v) is 16.3. The molecule has 2 aromatic rings. The van der Waals surface area contributed by atoms with Gasteiger partial charge in [0.15, 0.2) is 11.8 Å². The van der Waals surface area contributed by atoms with E-state index in [0.29, 0.717) is 24.7 Å². The Labute approximate surface area is 159 Å². The molecule has 1 aromatic heterocycles. The highest BCUT2D eigenvalue weighted by atomic mass is 35.5. The van der Waals surface area contributed by atoms with Gasteiger partial charge >= 0.3 is 0 Å². The molecule has 8 heteroatoms. The van der Waals surface area contributed by atoms with Crippen LogP contribution in [0.15, 0.2) is 27.7 Å². The van der Waals surface area contributed by atoms with Gasteiger partial charge in [0.05, 0.1) is 0 Å². The van der Waals surface area contributed by atoms with Crippen LogP contribution in [0.1, 0.15) is 17.3 Å². The molecule has 0 aliphatic carbocycles. The van der Waals surface area contributed by atoms with Crippen LogP contribution in [0.4, 0.5) is 5.69 Å². The van der Waals surface area contributed by atoms with Crippen molar-refractivity contribution in [2.75, 3.05) is 44.7 Å². The van der Waals surface area contributed by atoms with Gasteiger partial charge in [-0.25, -0.2) is 0 Å². The number of nitrogens with one attached hydrogen (secondary N) is 1. The van der Waals surface area contributed by atoms with E-state index in [1.54, 1.807) is 0 Å². The van der Waals surface area contributed by atoms with Crippen molar-refractivity contribution in [1.29, 1.82) is 0 Å². The molecule has 1 aliphatic rings. The molecule has 0 spiro atoms. The van der Waals surface area contributed by atoms with Gasteiger partial charge in [0, 0.05) is 56.9 Å². The van der Waals surface area contributed by atoms with Crippen molar-refractivity contribution in [3.8, 4) is 0 Å². The summed E-state index contributed by atoms with van der Waals surface area (Å²) in [6.07, 6.45) is 0.682. The Hall–Kier alpha value is -2.28. The first-order valence-electron chi connectivity index (χ1n) is 8.82. The molecule has 1 N–H and O–H groups in total. The average molecular weight is 377 g/mol. The van der Waals surface area contributed by atoms with Gasteiger partial charge in [0.25, 0.3) is 0 Å². The van der Waals surface area contributed by atoms with Crippen LogP contribution >= 0.6 is 11.6 Å². The molecule has 0 unspecified atom stereocenters. The first-order valence-corrected chi connectivity index (χ1v) is 9.20. The molecule has 2 heterocycles. The summed E-state index contributed by atoms with van der Waals surface area (Å²) in [6.45, 7) is 8.34. The topological polar surface area (TPSA) is 69.8 Å². The van der Waals surface area contributed by atoms with E-state index in [9.17, 15) is 0 Å². The summed E-state index contributed by atoms with van der Waals surface area (Å²) in [5.74, 6) is 2.22. The zero-order valence-electron chi connectivity index (χ0n) is 15.5. The quantitative estimate of drug-likeness (QED) is 0.652. The molecular weight excluding hydrogens is 352 g/mol. The number of piperazine rings is 1. The van der Waals surface area contributed by atoms with Gasteiger partial charge in [0.1, 0.15) is 0 Å². The predicted molar refractivity (Wildman–Crippen MR) is 104 cm³/mol. The Morgan fingerprint density at radius 1 is 1.27 bits per heavy atom. The van der Waals surface area contributed by atoms with E-state index < -0.39 is 0 Å². The van der Waals surface area contributed by atoms with Gasteiger partial charge in [-0.1, -0.05) is 22.8 Å².